The summed E-state index contributed by atoms with van der Waals surface area (Å²) in [5.74, 6) is -1.65. The van der Waals surface area contributed by atoms with Crippen LogP contribution in [0.5, 0.6) is 0 Å². The molecule has 1 saturated heterocycles. The Balaban J connectivity index is 2.15. The molecular formula is C12H13ClN2O5S. The van der Waals surface area contributed by atoms with Crippen molar-refractivity contribution >= 4 is 33.5 Å². The summed E-state index contributed by atoms with van der Waals surface area (Å²) in [4.78, 5) is 23.6. The van der Waals surface area contributed by atoms with Crippen LogP contribution in [0.2, 0.25) is 5.02 Å². The quantitative estimate of drug-likeness (QED) is 0.853. The number of hydrogen-bond donors (Lipinski definition) is 1. The molecule has 0 aromatic heterocycles. The molecule has 0 atom stereocenters. The number of hydrogen-bond acceptors (Lipinski definition) is 4. The highest BCUT2D eigenvalue weighted by Gasteiger charge is 2.33. The van der Waals surface area contributed by atoms with Gasteiger partial charge in [0.15, 0.2) is 0 Å². The zero-order valence-corrected chi connectivity index (χ0v) is 12.5. The van der Waals surface area contributed by atoms with Gasteiger partial charge in [0, 0.05) is 18.1 Å². The summed E-state index contributed by atoms with van der Waals surface area (Å²) in [6, 6.07) is 5.64. The standard InChI is InChI=1S/C12H13ClN2O5S/c13-9-1-3-10(4-2-9)21(19,20)15-6-5-14(8-12(17)18)11(16)7-15/h1-4H,5-8H2,(H,17,18). The molecule has 7 nitrogen and oxygen atoms in total. The van der Waals surface area contributed by atoms with E-state index in [4.69, 9.17) is 16.7 Å². The first kappa shape index (κ1) is 15.7. The Bertz CT molecular complexity index is 659. The lowest BCUT2D eigenvalue weighted by atomic mass is 10.3. The van der Waals surface area contributed by atoms with Crippen LogP contribution in [0.1, 0.15) is 0 Å². The summed E-state index contributed by atoms with van der Waals surface area (Å²) in [5.41, 5.74) is 0. The van der Waals surface area contributed by atoms with Crippen molar-refractivity contribution in [3.63, 3.8) is 0 Å². The van der Waals surface area contributed by atoms with Gasteiger partial charge >= 0.3 is 5.97 Å². The first-order valence-electron chi connectivity index (χ1n) is 6.06. The molecule has 0 saturated carbocycles. The van der Waals surface area contributed by atoms with E-state index in [1.807, 2.05) is 0 Å². The minimum atomic E-state index is -3.78. The van der Waals surface area contributed by atoms with E-state index in [0.29, 0.717) is 5.02 Å². The molecule has 1 heterocycles. The van der Waals surface area contributed by atoms with Crippen molar-refractivity contribution in [2.45, 2.75) is 4.90 Å². The second-order valence-corrected chi connectivity index (χ2v) is 6.88. The SMILES string of the molecule is O=C(O)CN1CCN(S(=O)(=O)c2ccc(Cl)cc2)CC1=O. The van der Waals surface area contributed by atoms with Gasteiger partial charge in [-0.1, -0.05) is 11.6 Å². The van der Waals surface area contributed by atoms with Crippen LogP contribution in [-0.2, 0) is 19.6 Å². The van der Waals surface area contributed by atoms with Gasteiger partial charge in [-0.05, 0) is 24.3 Å². The molecule has 1 aliphatic heterocycles. The predicted molar refractivity (Wildman–Crippen MR) is 74.4 cm³/mol. The molecule has 0 radical (unpaired) electrons. The third-order valence-electron chi connectivity index (χ3n) is 3.06. The molecule has 2 rings (SSSR count). The van der Waals surface area contributed by atoms with Crippen LogP contribution in [0.15, 0.2) is 29.2 Å². The minimum Gasteiger partial charge on any atom is -0.480 e. The average Bonchev–Trinajstić information content (AvgIpc) is 2.41. The molecule has 1 aliphatic rings. The first-order chi connectivity index (χ1) is 9.80. The molecule has 0 unspecified atom stereocenters. The fourth-order valence-corrected chi connectivity index (χ4v) is 3.48. The monoisotopic (exact) mass is 332 g/mol. The fraction of sp³-hybridized carbons (Fsp3) is 0.333. The highest BCUT2D eigenvalue weighted by Crippen LogP contribution is 2.20. The van der Waals surface area contributed by atoms with Gasteiger partial charge in [0.25, 0.3) is 0 Å². The van der Waals surface area contributed by atoms with Gasteiger partial charge in [-0.2, -0.15) is 4.31 Å². The maximum Gasteiger partial charge on any atom is 0.323 e. The Labute approximate surface area is 126 Å². The third kappa shape index (κ3) is 3.52. The minimum absolute atomic E-state index is 0.0476. The molecule has 1 fully saturated rings. The van der Waals surface area contributed by atoms with Gasteiger partial charge in [0.1, 0.15) is 6.54 Å². The van der Waals surface area contributed by atoms with E-state index < -0.39 is 28.4 Å². The van der Waals surface area contributed by atoms with E-state index in [-0.39, 0.29) is 24.5 Å². The number of halogens is 1. The normalized spacial score (nSPS) is 17.0. The maximum atomic E-state index is 12.4. The predicted octanol–water partition coefficient (Wildman–Crippen LogP) is 0.258. The van der Waals surface area contributed by atoms with E-state index in [0.717, 1.165) is 9.21 Å². The summed E-state index contributed by atoms with van der Waals surface area (Å²) >= 11 is 5.71. The van der Waals surface area contributed by atoms with Crippen LogP contribution in [0.3, 0.4) is 0 Å². The molecule has 21 heavy (non-hydrogen) atoms. The lowest BCUT2D eigenvalue weighted by Gasteiger charge is -2.32. The van der Waals surface area contributed by atoms with Crippen molar-refractivity contribution in [2.75, 3.05) is 26.2 Å². The Morgan fingerprint density at radius 2 is 1.86 bits per heavy atom. The highest BCUT2D eigenvalue weighted by molar-refractivity contribution is 7.89. The van der Waals surface area contributed by atoms with Gasteiger partial charge in [0.05, 0.1) is 11.4 Å². The summed E-state index contributed by atoms with van der Waals surface area (Å²) in [7, 11) is -3.78. The number of carboxylic acid groups (broad SMARTS) is 1. The largest absolute Gasteiger partial charge is 0.480 e. The Morgan fingerprint density at radius 3 is 2.38 bits per heavy atom. The molecule has 1 amide bonds. The van der Waals surface area contributed by atoms with Crippen LogP contribution in [0.4, 0.5) is 0 Å². The lowest BCUT2D eigenvalue weighted by molar-refractivity contribution is -0.146. The zero-order valence-electron chi connectivity index (χ0n) is 10.9. The number of carbonyl (C=O) groups excluding carboxylic acids is 1. The number of rotatable bonds is 4. The Hall–Kier alpha value is -1.64. The third-order valence-corrected chi connectivity index (χ3v) is 5.17. The molecule has 0 bridgehead atoms. The smallest absolute Gasteiger partial charge is 0.323 e. The van der Waals surface area contributed by atoms with Gasteiger partial charge < -0.3 is 10.0 Å². The van der Waals surface area contributed by atoms with Gasteiger partial charge in [-0.3, -0.25) is 9.59 Å². The fourth-order valence-electron chi connectivity index (χ4n) is 1.98. The van der Waals surface area contributed by atoms with Gasteiger partial charge in [-0.15, -0.1) is 0 Å². The van der Waals surface area contributed by atoms with Crippen LogP contribution in [0.25, 0.3) is 0 Å². The van der Waals surface area contributed by atoms with E-state index in [1.54, 1.807) is 0 Å². The van der Waals surface area contributed by atoms with E-state index in [2.05, 4.69) is 0 Å². The number of aliphatic carboxylic acids is 1. The number of carbonyl (C=O) groups is 2. The van der Waals surface area contributed by atoms with Crippen molar-refractivity contribution in [1.82, 2.24) is 9.21 Å². The van der Waals surface area contributed by atoms with E-state index >= 15 is 0 Å². The second kappa shape index (κ2) is 6.00. The van der Waals surface area contributed by atoms with Crippen LogP contribution in [0, 0.1) is 0 Å². The molecular weight excluding hydrogens is 320 g/mol. The van der Waals surface area contributed by atoms with E-state index in [9.17, 15) is 18.0 Å². The molecule has 1 N–H and O–H groups in total. The zero-order chi connectivity index (χ0) is 15.6. The molecule has 1 aromatic carbocycles. The molecule has 9 heteroatoms. The van der Waals surface area contributed by atoms with Crippen molar-refractivity contribution in [3.8, 4) is 0 Å². The summed E-state index contributed by atoms with van der Waals surface area (Å²) < 4.78 is 25.8. The van der Waals surface area contributed by atoms with Crippen molar-refractivity contribution in [2.24, 2.45) is 0 Å². The Morgan fingerprint density at radius 1 is 1.24 bits per heavy atom. The van der Waals surface area contributed by atoms with E-state index in [1.165, 1.54) is 24.3 Å². The molecule has 0 spiro atoms. The molecule has 1 aromatic rings. The topological polar surface area (TPSA) is 95.0 Å². The lowest BCUT2D eigenvalue weighted by Crippen LogP contribution is -2.53. The number of benzene rings is 1. The number of carboxylic acids is 1. The highest BCUT2D eigenvalue weighted by atomic mass is 35.5. The van der Waals surface area contributed by atoms with Crippen LogP contribution >= 0.6 is 11.6 Å². The maximum absolute atomic E-state index is 12.4. The number of piperazine rings is 1. The second-order valence-electron chi connectivity index (χ2n) is 4.50. The molecule has 114 valence electrons. The van der Waals surface area contributed by atoms with Gasteiger partial charge in [-0.25, -0.2) is 8.42 Å². The van der Waals surface area contributed by atoms with Crippen molar-refractivity contribution in [3.05, 3.63) is 29.3 Å². The number of nitrogens with zero attached hydrogens (tertiary/aromatic N) is 2. The van der Waals surface area contributed by atoms with Crippen molar-refractivity contribution < 1.29 is 23.1 Å². The number of amides is 1. The van der Waals surface area contributed by atoms with Gasteiger partial charge in [0.2, 0.25) is 15.9 Å². The summed E-state index contributed by atoms with van der Waals surface area (Å²) in [6.07, 6.45) is 0. The summed E-state index contributed by atoms with van der Waals surface area (Å²) in [5, 5.41) is 9.09. The first-order valence-corrected chi connectivity index (χ1v) is 7.88. The van der Waals surface area contributed by atoms with Crippen molar-refractivity contribution in [1.29, 1.82) is 0 Å². The molecule has 0 aliphatic carbocycles. The summed E-state index contributed by atoms with van der Waals surface area (Å²) in [6.45, 7) is -0.673. The Kier molecular flexibility index (Phi) is 4.50. The average molecular weight is 333 g/mol. The van der Waals surface area contributed by atoms with Crippen LogP contribution < -0.4 is 0 Å². The van der Waals surface area contributed by atoms with Crippen LogP contribution in [-0.4, -0.2) is 60.8 Å². The number of sulfonamides is 1.